The van der Waals surface area contributed by atoms with E-state index >= 15 is 0 Å². The lowest BCUT2D eigenvalue weighted by Crippen LogP contribution is -2.50. The number of carbonyl (C=O) groups excluding carboxylic acids is 3. The summed E-state index contributed by atoms with van der Waals surface area (Å²) in [5, 5.41) is 2.77. The summed E-state index contributed by atoms with van der Waals surface area (Å²) in [6.07, 6.45) is 5.46. The summed E-state index contributed by atoms with van der Waals surface area (Å²) in [5.74, 6) is -0.990. The van der Waals surface area contributed by atoms with Crippen LogP contribution >= 0.6 is 0 Å². The van der Waals surface area contributed by atoms with Crippen molar-refractivity contribution < 1.29 is 23.9 Å². The number of rotatable bonds is 7. The van der Waals surface area contributed by atoms with Crippen LogP contribution < -0.4 is 11.1 Å². The van der Waals surface area contributed by atoms with Crippen molar-refractivity contribution in [3.05, 3.63) is 11.6 Å². The number of nitrogens with two attached hydrogens (primary N) is 1. The summed E-state index contributed by atoms with van der Waals surface area (Å²) < 4.78 is 10.4. The summed E-state index contributed by atoms with van der Waals surface area (Å²) in [6.45, 7) is 5.38. The molecule has 2 fully saturated rings. The standard InChI is InChI=1S/C20H32N4O5/c1-2-28-20-16(10-18(26)29-20)22-17(25)13-24-12-14(6-7-15(21)19(24)27)11-23-8-4-3-5-9-23/h6,15-16,20H,2-5,7-13,21H2,1H3,(H,22,25). The van der Waals surface area contributed by atoms with Gasteiger partial charge in [0.25, 0.3) is 0 Å². The Morgan fingerprint density at radius 1 is 1.31 bits per heavy atom. The first kappa shape index (κ1) is 21.7. The fourth-order valence-corrected chi connectivity index (χ4v) is 4.06. The third kappa shape index (κ3) is 6.01. The Kier molecular flexibility index (Phi) is 7.63. The second-order valence-electron chi connectivity index (χ2n) is 7.93. The van der Waals surface area contributed by atoms with E-state index in [9.17, 15) is 14.4 Å². The number of hydrogen-bond acceptors (Lipinski definition) is 7. The van der Waals surface area contributed by atoms with E-state index in [-0.39, 0.29) is 24.8 Å². The summed E-state index contributed by atoms with van der Waals surface area (Å²) in [6, 6.07) is -1.19. The number of esters is 1. The molecule has 9 nitrogen and oxygen atoms in total. The molecule has 2 amide bonds. The lowest BCUT2D eigenvalue weighted by Gasteiger charge is -2.29. The number of hydrogen-bond donors (Lipinski definition) is 2. The highest BCUT2D eigenvalue weighted by atomic mass is 16.7. The molecular formula is C20H32N4O5. The zero-order valence-corrected chi connectivity index (χ0v) is 17.1. The van der Waals surface area contributed by atoms with Crippen molar-refractivity contribution in [3.8, 4) is 0 Å². The molecule has 3 rings (SSSR count). The fourth-order valence-electron chi connectivity index (χ4n) is 4.06. The number of cyclic esters (lactones) is 1. The van der Waals surface area contributed by atoms with Crippen LogP contribution in [0.25, 0.3) is 0 Å². The van der Waals surface area contributed by atoms with Gasteiger partial charge in [-0.05, 0) is 44.8 Å². The second kappa shape index (κ2) is 10.2. The van der Waals surface area contributed by atoms with Gasteiger partial charge in [0, 0.05) is 19.7 Å². The normalized spacial score (nSPS) is 28.7. The number of likely N-dealkylation sites (tertiary alicyclic amines) is 1. The van der Waals surface area contributed by atoms with E-state index in [1.165, 1.54) is 24.2 Å². The maximum Gasteiger partial charge on any atom is 0.310 e. The van der Waals surface area contributed by atoms with Gasteiger partial charge in [-0.25, -0.2) is 0 Å². The average molecular weight is 408 g/mol. The third-order valence-electron chi connectivity index (χ3n) is 5.53. The molecular weight excluding hydrogens is 376 g/mol. The van der Waals surface area contributed by atoms with E-state index < -0.39 is 24.3 Å². The highest BCUT2D eigenvalue weighted by Crippen LogP contribution is 2.18. The first-order valence-corrected chi connectivity index (χ1v) is 10.5. The van der Waals surface area contributed by atoms with Gasteiger partial charge in [-0.15, -0.1) is 0 Å². The summed E-state index contributed by atoms with van der Waals surface area (Å²) in [5.41, 5.74) is 7.14. The Morgan fingerprint density at radius 2 is 2.07 bits per heavy atom. The molecule has 0 aromatic carbocycles. The average Bonchev–Trinajstić information content (AvgIpc) is 2.98. The van der Waals surface area contributed by atoms with Gasteiger partial charge in [0.15, 0.2) is 0 Å². The minimum atomic E-state index is -0.784. The van der Waals surface area contributed by atoms with E-state index in [4.69, 9.17) is 15.2 Å². The van der Waals surface area contributed by atoms with Gasteiger partial charge >= 0.3 is 5.97 Å². The predicted molar refractivity (Wildman–Crippen MR) is 106 cm³/mol. The topological polar surface area (TPSA) is 114 Å². The number of amides is 2. The molecule has 0 radical (unpaired) electrons. The molecule has 3 aliphatic rings. The molecule has 29 heavy (non-hydrogen) atoms. The first-order valence-electron chi connectivity index (χ1n) is 10.5. The smallest absolute Gasteiger partial charge is 0.310 e. The van der Waals surface area contributed by atoms with Crippen molar-refractivity contribution in [2.45, 2.75) is 57.4 Å². The molecule has 0 aromatic heterocycles. The van der Waals surface area contributed by atoms with E-state index in [1.807, 2.05) is 6.08 Å². The Hall–Kier alpha value is -1.97. The number of nitrogens with one attached hydrogen (secondary N) is 1. The van der Waals surface area contributed by atoms with E-state index in [0.29, 0.717) is 19.6 Å². The monoisotopic (exact) mass is 408 g/mol. The molecule has 3 heterocycles. The third-order valence-corrected chi connectivity index (χ3v) is 5.53. The molecule has 0 bridgehead atoms. The van der Waals surface area contributed by atoms with Crippen molar-refractivity contribution in [2.24, 2.45) is 5.73 Å². The van der Waals surface area contributed by atoms with E-state index in [1.54, 1.807) is 6.92 Å². The minimum Gasteiger partial charge on any atom is -0.433 e. The number of carbonyl (C=O) groups is 3. The van der Waals surface area contributed by atoms with Crippen molar-refractivity contribution >= 4 is 17.8 Å². The molecule has 0 spiro atoms. The largest absolute Gasteiger partial charge is 0.433 e. The van der Waals surface area contributed by atoms with Gasteiger partial charge in [-0.2, -0.15) is 0 Å². The van der Waals surface area contributed by atoms with Crippen LogP contribution in [0.1, 0.15) is 39.0 Å². The zero-order chi connectivity index (χ0) is 20.8. The highest BCUT2D eigenvalue weighted by molar-refractivity contribution is 5.88. The molecule has 3 N–H and O–H groups in total. The van der Waals surface area contributed by atoms with Crippen molar-refractivity contribution in [1.82, 2.24) is 15.1 Å². The zero-order valence-electron chi connectivity index (χ0n) is 17.1. The summed E-state index contributed by atoms with van der Waals surface area (Å²) in [4.78, 5) is 40.7. The van der Waals surface area contributed by atoms with Crippen molar-refractivity contribution in [1.29, 1.82) is 0 Å². The van der Waals surface area contributed by atoms with Crippen LogP contribution in [0, 0.1) is 0 Å². The van der Waals surface area contributed by atoms with Gasteiger partial charge < -0.3 is 25.4 Å². The Morgan fingerprint density at radius 3 is 2.79 bits per heavy atom. The van der Waals surface area contributed by atoms with Crippen LogP contribution in [-0.2, 0) is 23.9 Å². The van der Waals surface area contributed by atoms with Gasteiger partial charge in [0.2, 0.25) is 18.1 Å². The minimum absolute atomic E-state index is 0.0595. The van der Waals surface area contributed by atoms with Gasteiger partial charge in [0.05, 0.1) is 19.0 Å². The maximum atomic E-state index is 12.6. The number of ether oxygens (including phenoxy) is 2. The first-order chi connectivity index (χ1) is 14.0. The molecule has 0 aliphatic carbocycles. The molecule has 0 saturated carbocycles. The molecule has 162 valence electrons. The number of piperidine rings is 1. The van der Waals surface area contributed by atoms with Crippen LogP contribution in [0.4, 0.5) is 0 Å². The molecule has 3 aliphatic heterocycles. The van der Waals surface area contributed by atoms with Crippen molar-refractivity contribution in [3.63, 3.8) is 0 Å². The van der Waals surface area contributed by atoms with Crippen LogP contribution in [0.15, 0.2) is 11.6 Å². The summed E-state index contributed by atoms with van der Waals surface area (Å²) in [7, 11) is 0. The molecule has 3 unspecified atom stereocenters. The highest BCUT2D eigenvalue weighted by Gasteiger charge is 2.37. The van der Waals surface area contributed by atoms with Crippen LogP contribution in [0.2, 0.25) is 0 Å². The van der Waals surface area contributed by atoms with Crippen LogP contribution in [0.5, 0.6) is 0 Å². The Balaban J connectivity index is 1.58. The quantitative estimate of drug-likeness (QED) is 0.441. The van der Waals surface area contributed by atoms with E-state index in [0.717, 1.165) is 25.2 Å². The van der Waals surface area contributed by atoms with Crippen LogP contribution in [0.3, 0.4) is 0 Å². The predicted octanol–water partition coefficient (Wildman–Crippen LogP) is -0.247. The van der Waals surface area contributed by atoms with Gasteiger partial charge in [-0.1, -0.05) is 12.5 Å². The molecule has 9 heteroatoms. The molecule has 0 aromatic rings. The molecule has 3 atom stereocenters. The Labute approximate surface area is 171 Å². The molecule has 2 saturated heterocycles. The van der Waals surface area contributed by atoms with Crippen LogP contribution in [-0.4, -0.2) is 85.3 Å². The van der Waals surface area contributed by atoms with E-state index in [2.05, 4.69) is 10.2 Å². The lowest BCUT2D eigenvalue weighted by molar-refractivity contribution is -0.164. The van der Waals surface area contributed by atoms with Gasteiger partial charge in [0.1, 0.15) is 6.04 Å². The maximum absolute atomic E-state index is 12.6. The SMILES string of the molecule is CCOC1OC(=O)CC1NC(=O)CN1CC(CN2CCCCC2)=CCC(N)C1=O. The second-order valence-corrected chi connectivity index (χ2v) is 7.93. The fraction of sp³-hybridized carbons (Fsp3) is 0.750. The van der Waals surface area contributed by atoms with Gasteiger partial charge in [-0.3, -0.25) is 19.3 Å². The Bertz CT molecular complexity index is 647. The number of nitrogens with zero attached hydrogens (tertiary/aromatic N) is 2. The summed E-state index contributed by atoms with van der Waals surface area (Å²) >= 11 is 0. The van der Waals surface area contributed by atoms with Crippen molar-refractivity contribution in [2.75, 3.05) is 39.3 Å². The lowest BCUT2D eigenvalue weighted by atomic mass is 10.1.